The lowest BCUT2D eigenvalue weighted by Crippen LogP contribution is -2.25. The number of carbonyl (C=O) groups is 1. The van der Waals surface area contributed by atoms with Gasteiger partial charge in [-0.3, -0.25) is 4.79 Å². The van der Waals surface area contributed by atoms with E-state index < -0.39 is 0 Å². The van der Waals surface area contributed by atoms with Gasteiger partial charge in [0.2, 0.25) is 5.91 Å². The van der Waals surface area contributed by atoms with Gasteiger partial charge in [0.05, 0.1) is 31.5 Å². The van der Waals surface area contributed by atoms with Gasteiger partial charge in [-0.2, -0.15) is 0 Å². The van der Waals surface area contributed by atoms with Crippen LogP contribution in [0.15, 0.2) is 35.9 Å². The second kappa shape index (κ2) is 8.05. The molecule has 26 heavy (non-hydrogen) atoms. The number of fused-ring (bicyclic) bond motifs is 1. The van der Waals surface area contributed by atoms with E-state index in [4.69, 9.17) is 9.47 Å². The topological polar surface area (TPSA) is 102 Å². The Labute approximate surface area is 154 Å². The minimum absolute atomic E-state index is 0.143. The van der Waals surface area contributed by atoms with E-state index >= 15 is 0 Å². The summed E-state index contributed by atoms with van der Waals surface area (Å²) in [5.74, 6) is 1.06. The van der Waals surface area contributed by atoms with Crippen LogP contribution in [0.2, 0.25) is 0 Å². The molecule has 0 aliphatic rings. The summed E-state index contributed by atoms with van der Waals surface area (Å²) in [5.41, 5.74) is 1.86. The van der Waals surface area contributed by atoms with Gasteiger partial charge in [-0.05, 0) is 18.6 Å². The molecule has 2 heterocycles. The molecule has 0 saturated heterocycles. The van der Waals surface area contributed by atoms with Gasteiger partial charge in [-0.1, -0.05) is 18.7 Å². The van der Waals surface area contributed by atoms with Crippen molar-refractivity contribution in [1.29, 1.82) is 0 Å². The van der Waals surface area contributed by atoms with Crippen LogP contribution in [0.1, 0.15) is 13.3 Å². The summed E-state index contributed by atoms with van der Waals surface area (Å²) < 4.78 is 10.5. The predicted octanol–water partition coefficient (Wildman–Crippen LogP) is 2.88. The average Bonchev–Trinajstić information content (AvgIpc) is 3.15. The smallest absolute Gasteiger partial charge is 0.238 e. The number of H-pyrrole nitrogens is 1. The molecule has 2 aromatic heterocycles. The van der Waals surface area contributed by atoms with E-state index in [1.54, 1.807) is 38.7 Å². The number of hydrogen-bond acceptors (Lipinski definition) is 7. The van der Waals surface area contributed by atoms with Crippen molar-refractivity contribution in [3.05, 3.63) is 30.9 Å². The molecule has 9 heteroatoms. The SMILES string of the molecule is CCC(Sc1ncnc2nc[nH]c12)C(=O)Nc1cc(OC)ccc1OC. The van der Waals surface area contributed by atoms with Crippen molar-refractivity contribution in [2.75, 3.05) is 19.5 Å². The number of hydrogen-bond donors (Lipinski definition) is 2. The normalized spacial score (nSPS) is 12.0. The van der Waals surface area contributed by atoms with Gasteiger partial charge in [0.25, 0.3) is 0 Å². The van der Waals surface area contributed by atoms with Crippen LogP contribution >= 0.6 is 11.8 Å². The zero-order chi connectivity index (χ0) is 18.5. The molecule has 3 rings (SSSR count). The van der Waals surface area contributed by atoms with Gasteiger partial charge >= 0.3 is 0 Å². The third kappa shape index (κ3) is 3.72. The molecule has 1 aromatic carbocycles. The number of anilines is 1. The van der Waals surface area contributed by atoms with E-state index in [1.807, 2.05) is 6.92 Å². The van der Waals surface area contributed by atoms with E-state index in [-0.39, 0.29) is 11.2 Å². The highest BCUT2D eigenvalue weighted by atomic mass is 32.2. The molecule has 0 aliphatic heterocycles. The number of benzene rings is 1. The maximum atomic E-state index is 12.8. The van der Waals surface area contributed by atoms with Crippen molar-refractivity contribution in [3.8, 4) is 11.5 Å². The second-order valence-electron chi connectivity index (χ2n) is 5.35. The third-order valence-corrected chi connectivity index (χ3v) is 5.13. The first-order chi connectivity index (χ1) is 12.7. The Bertz CT molecular complexity index is 914. The Hall–Kier alpha value is -2.81. The molecule has 136 valence electrons. The fraction of sp³-hybridized carbons (Fsp3) is 0.294. The first-order valence-electron chi connectivity index (χ1n) is 7.99. The summed E-state index contributed by atoms with van der Waals surface area (Å²) in [6.07, 6.45) is 3.63. The molecule has 8 nitrogen and oxygen atoms in total. The Morgan fingerprint density at radius 1 is 1.27 bits per heavy atom. The number of aromatic amines is 1. The molecular weight excluding hydrogens is 354 g/mol. The summed E-state index contributed by atoms with van der Waals surface area (Å²) in [7, 11) is 3.13. The van der Waals surface area contributed by atoms with E-state index in [9.17, 15) is 4.79 Å². The molecule has 0 fully saturated rings. The molecule has 0 spiro atoms. The average molecular weight is 373 g/mol. The number of ether oxygens (including phenoxy) is 2. The van der Waals surface area contributed by atoms with Crippen LogP contribution in [0.5, 0.6) is 11.5 Å². The lowest BCUT2D eigenvalue weighted by molar-refractivity contribution is -0.115. The number of rotatable bonds is 7. The zero-order valence-electron chi connectivity index (χ0n) is 14.6. The monoisotopic (exact) mass is 373 g/mol. The lowest BCUT2D eigenvalue weighted by Gasteiger charge is -2.16. The molecule has 0 aliphatic carbocycles. The lowest BCUT2D eigenvalue weighted by atomic mass is 10.2. The van der Waals surface area contributed by atoms with Crippen LogP contribution in [0.3, 0.4) is 0 Å². The van der Waals surface area contributed by atoms with Gasteiger partial charge < -0.3 is 19.8 Å². The van der Waals surface area contributed by atoms with Crippen LogP contribution in [0.25, 0.3) is 11.2 Å². The maximum Gasteiger partial charge on any atom is 0.238 e. The van der Waals surface area contributed by atoms with Crippen LogP contribution in [0.4, 0.5) is 5.69 Å². The third-order valence-electron chi connectivity index (χ3n) is 3.77. The van der Waals surface area contributed by atoms with E-state index in [0.717, 1.165) is 5.52 Å². The van der Waals surface area contributed by atoms with E-state index in [0.29, 0.717) is 34.3 Å². The van der Waals surface area contributed by atoms with Gasteiger partial charge in [0, 0.05) is 6.07 Å². The number of methoxy groups -OCH3 is 2. The standard InChI is InChI=1S/C17H19N5O3S/c1-4-13(26-17-14-15(19-8-18-14)20-9-21-17)16(23)22-11-7-10(24-2)5-6-12(11)25-3/h5-9,13H,4H2,1-3H3,(H,22,23)(H,18,19,20,21). The van der Waals surface area contributed by atoms with Crippen molar-refractivity contribution in [2.24, 2.45) is 0 Å². The Kier molecular flexibility index (Phi) is 5.57. The van der Waals surface area contributed by atoms with Gasteiger partial charge in [0.1, 0.15) is 28.4 Å². The van der Waals surface area contributed by atoms with E-state index in [1.165, 1.54) is 18.1 Å². The number of nitrogens with zero attached hydrogens (tertiary/aromatic N) is 3. The number of imidazole rings is 1. The molecule has 3 aromatic rings. The van der Waals surface area contributed by atoms with Gasteiger partial charge in [-0.15, -0.1) is 0 Å². The summed E-state index contributed by atoms with van der Waals surface area (Å²) in [5, 5.41) is 3.26. The van der Waals surface area contributed by atoms with Crippen molar-refractivity contribution >= 4 is 34.5 Å². The highest BCUT2D eigenvalue weighted by molar-refractivity contribution is 8.00. The van der Waals surface area contributed by atoms with E-state index in [2.05, 4.69) is 25.3 Å². The first-order valence-corrected chi connectivity index (χ1v) is 8.87. The van der Waals surface area contributed by atoms with Crippen molar-refractivity contribution < 1.29 is 14.3 Å². The summed E-state index contributed by atoms with van der Waals surface area (Å²) >= 11 is 1.37. The predicted molar refractivity (Wildman–Crippen MR) is 99.8 cm³/mol. The highest BCUT2D eigenvalue weighted by Gasteiger charge is 2.22. The molecule has 0 radical (unpaired) electrons. The molecule has 1 amide bonds. The van der Waals surface area contributed by atoms with Crippen molar-refractivity contribution in [3.63, 3.8) is 0 Å². The van der Waals surface area contributed by atoms with Gasteiger partial charge in [0.15, 0.2) is 5.65 Å². The van der Waals surface area contributed by atoms with Gasteiger partial charge in [-0.25, -0.2) is 15.0 Å². The Morgan fingerprint density at radius 2 is 2.12 bits per heavy atom. The number of amides is 1. The quantitative estimate of drug-likeness (QED) is 0.485. The molecule has 0 saturated carbocycles. The molecule has 1 atom stereocenters. The summed E-state index contributed by atoms with van der Waals surface area (Å²) in [6, 6.07) is 5.25. The number of aromatic nitrogens is 4. The van der Waals surface area contributed by atoms with Crippen LogP contribution in [-0.2, 0) is 4.79 Å². The number of nitrogens with one attached hydrogen (secondary N) is 2. The molecular formula is C17H19N5O3S. The zero-order valence-corrected chi connectivity index (χ0v) is 15.5. The fourth-order valence-electron chi connectivity index (χ4n) is 2.41. The van der Waals surface area contributed by atoms with Crippen molar-refractivity contribution in [1.82, 2.24) is 19.9 Å². The number of carbonyl (C=O) groups excluding carboxylic acids is 1. The van der Waals surface area contributed by atoms with Crippen LogP contribution in [0, 0.1) is 0 Å². The van der Waals surface area contributed by atoms with Crippen LogP contribution in [-0.4, -0.2) is 45.3 Å². The Morgan fingerprint density at radius 3 is 2.85 bits per heavy atom. The largest absolute Gasteiger partial charge is 0.497 e. The molecule has 2 N–H and O–H groups in total. The molecule has 0 bridgehead atoms. The minimum atomic E-state index is -0.340. The Balaban J connectivity index is 1.80. The maximum absolute atomic E-state index is 12.8. The van der Waals surface area contributed by atoms with Crippen LogP contribution < -0.4 is 14.8 Å². The highest BCUT2D eigenvalue weighted by Crippen LogP contribution is 2.32. The minimum Gasteiger partial charge on any atom is -0.497 e. The summed E-state index contributed by atoms with van der Waals surface area (Å²) in [4.78, 5) is 28.3. The number of thioether (sulfide) groups is 1. The second-order valence-corrected chi connectivity index (χ2v) is 6.54. The fourth-order valence-corrected chi connectivity index (χ4v) is 3.39. The first kappa shape index (κ1) is 18.0. The van der Waals surface area contributed by atoms with Crippen molar-refractivity contribution in [2.45, 2.75) is 23.6 Å². The summed E-state index contributed by atoms with van der Waals surface area (Å²) in [6.45, 7) is 1.95. The molecule has 1 unspecified atom stereocenters.